The topological polar surface area (TPSA) is 86.6 Å². The zero-order valence-corrected chi connectivity index (χ0v) is 15.4. The molecule has 1 atom stereocenters. The molecular weight excluding hydrogens is 362 g/mol. The number of aromatic nitrogens is 2. The maximum absolute atomic E-state index is 12.8. The van der Waals surface area contributed by atoms with Crippen molar-refractivity contribution in [3.8, 4) is 21.1 Å². The molecule has 2 heterocycles. The molecule has 0 spiro atoms. The lowest BCUT2D eigenvalue weighted by Crippen LogP contribution is -2.38. The fourth-order valence-electron chi connectivity index (χ4n) is 3.16. The highest BCUT2D eigenvalue weighted by Crippen LogP contribution is 2.30. The van der Waals surface area contributed by atoms with E-state index in [1.54, 1.807) is 17.0 Å². The monoisotopic (exact) mass is 381 g/mol. The minimum absolute atomic E-state index is 0.142. The van der Waals surface area contributed by atoms with Crippen LogP contribution in [0.5, 0.6) is 0 Å². The van der Waals surface area contributed by atoms with Crippen LogP contribution in [-0.4, -0.2) is 56.5 Å². The van der Waals surface area contributed by atoms with Gasteiger partial charge in [0.25, 0.3) is 5.91 Å². The molecular formula is C20H19N3O3S. The molecule has 1 aliphatic heterocycles. The zero-order valence-electron chi connectivity index (χ0n) is 14.6. The van der Waals surface area contributed by atoms with Crippen molar-refractivity contribution in [1.82, 2.24) is 15.1 Å². The van der Waals surface area contributed by atoms with Crippen molar-refractivity contribution in [3.63, 3.8) is 0 Å². The van der Waals surface area contributed by atoms with Gasteiger partial charge in [-0.15, -0.1) is 10.2 Å². The van der Waals surface area contributed by atoms with Gasteiger partial charge in [-0.1, -0.05) is 53.8 Å². The highest BCUT2D eigenvalue weighted by atomic mass is 32.1. The number of rotatable bonds is 4. The van der Waals surface area contributed by atoms with Crippen LogP contribution in [0.25, 0.3) is 21.1 Å². The Bertz CT molecular complexity index is 960. The molecule has 0 radical (unpaired) electrons. The number of likely N-dealkylation sites (tertiary alicyclic amines) is 1. The maximum atomic E-state index is 12.8. The normalized spacial score (nSPS) is 19.4. The summed E-state index contributed by atoms with van der Waals surface area (Å²) in [4.78, 5) is 14.3. The van der Waals surface area contributed by atoms with Gasteiger partial charge in [-0.3, -0.25) is 4.79 Å². The van der Waals surface area contributed by atoms with Crippen LogP contribution in [0.1, 0.15) is 16.8 Å². The van der Waals surface area contributed by atoms with Crippen LogP contribution >= 0.6 is 11.3 Å². The third-order valence-corrected chi connectivity index (χ3v) is 5.74. The van der Waals surface area contributed by atoms with Crippen LogP contribution in [0.3, 0.4) is 0 Å². The highest BCUT2D eigenvalue weighted by molar-refractivity contribution is 7.17. The number of hydrogen-bond acceptors (Lipinski definition) is 6. The van der Waals surface area contributed by atoms with Gasteiger partial charge in [0.2, 0.25) is 0 Å². The Morgan fingerprint density at radius 1 is 1.07 bits per heavy atom. The molecule has 2 N–H and O–H groups in total. The Morgan fingerprint density at radius 2 is 1.78 bits per heavy atom. The first-order valence-electron chi connectivity index (χ1n) is 8.70. The number of benzene rings is 2. The largest absolute Gasteiger partial charge is 0.393 e. The summed E-state index contributed by atoms with van der Waals surface area (Å²) in [5.41, 5.74) is 1.18. The molecule has 1 aromatic heterocycles. The van der Waals surface area contributed by atoms with Gasteiger partial charge in [0.1, 0.15) is 15.6 Å². The van der Waals surface area contributed by atoms with Crippen LogP contribution in [0.15, 0.2) is 54.6 Å². The fraction of sp³-hybridized carbons (Fsp3) is 0.250. The Kier molecular flexibility index (Phi) is 4.73. The van der Waals surface area contributed by atoms with E-state index in [9.17, 15) is 15.0 Å². The zero-order chi connectivity index (χ0) is 18.9. The van der Waals surface area contributed by atoms with E-state index in [1.165, 1.54) is 11.3 Å². The molecule has 3 aromatic rings. The maximum Gasteiger partial charge on any atom is 0.253 e. The minimum atomic E-state index is -1.20. The van der Waals surface area contributed by atoms with Crippen molar-refractivity contribution in [2.45, 2.75) is 12.0 Å². The summed E-state index contributed by atoms with van der Waals surface area (Å²) in [5, 5.41) is 29.5. The summed E-state index contributed by atoms with van der Waals surface area (Å²) >= 11 is 1.47. The summed E-state index contributed by atoms with van der Waals surface area (Å²) < 4.78 is 0. The standard InChI is InChI=1S/C20H19N3O3S/c24-13-20(26)9-10-23(12-20)19(25)16-8-4-7-15(11-16)18-22-21-17(27-18)14-5-2-1-3-6-14/h1-8,11,24,26H,9-10,12-13H2/t20-/m1/s1. The number of carbonyl (C=O) groups excluding carboxylic acids is 1. The summed E-state index contributed by atoms with van der Waals surface area (Å²) in [6.07, 6.45) is 0.381. The van der Waals surface area contributed by atoms with Crippen molar-refractivity contribution in [2.24, 2.45) is 0 Å². The third kappa shape index (κ3) is 3.62. The Hall–Kier alpha value is -2.61. The quantitative estimate of drug-likeness (QED) is 0.725. The first kappa shape index (κ1) is 17.8. The smallest absolute Gasteiger partial charge is 0.253 e. The molecule has 1 amide bonds. The number of aliphatic hydroxyl groups excluding tert-OH is 1. The number of amides is 1. The predicted octanol–water partition coefficient (Wildman–Crippen LogP) is 2.44. The average Bonchev–Trinajstić information content (AvgIpc) is 3.36. The number of carbonyl (C=O) groups is 1. The summed E-state index contributed by atoms with van der Waals surface area (Å²) in [6, 6.07) is 17.1. The van der Waals surface area contributed by atoms with Crippen molar-refractivity contribution < 1.29 is 15.0 Å². The Labute approximate surface area is 160 Å². The number of nitrogens with zero attached hydrogens (tertiary/aromatic N) is 3. The van der Waals surface area contributed by atoms with Gasteiger partial charge < -0.3 is 15.1 Å². The second-order valence-corrected chi connectivity index (χ2v) is 7.70. The summed E-state index contributed by atoms with van der Waals surface area (Å²) in [5.74, 6) is -0.158. The van der Waals surface area contributed by atoms with Gasteiger partial charge in [0, 0.05) is 23.2 Å². The van der Waals surface area contributed by atoms with Crippen LogP contribution in [0, 0.1) is 0 Å². The van der Waals surface area contributed by atoms with Gasteiger partial charge in [0.15, 0.2) is 0 Å². The van der Waals surface area contributed by atoms with Crippen molar-refractivity contribution in [3.05, 3.63) is 60.2 Å². The molecule has 0 bridgehead atoms. The van der Waals surface area contributed by atoms with Gasteiger partial charge in [-0.25, -0.2) is 0 Å². The van der Waals surface area contributed by atoms with E-state index >= 15 is 0 Å². The molecule has 2 aromatic carbocycles. The molecule has 138 valence electrons. The number of aliphatic hydroxyl groups is 2. The summed E-state index contributed by atoms with van der Waals surface area (Å²) in [6.45, 7) is 0.227. The van der Waals surface area contributed by atoms with E-state index in [2.05, 4.69) is 10.2 Å². The SMILES string of the molecule is O=C(c1cccc(-c2nnc(-c3ccccc3)s2)c1)N1CC[C@](O)(CO)C1. The Balaban J connectivity index is 1.57. The lowest BCUT2D eigenvalue weighted by Gasteiger charge is -2.21. The number of β-amino-alcohol motifs (C(OH)–C–C–N with tert-alkyl or cyclic N) is 1. The van der Waals surface area contributed by atoms with Crippen LogP contribution < -0.4 is 0 Å². The van der Waals surface area contributed by atoms with E-state index in [0.29, 0.717) is 18.5 Å². The molecule has 0 aliphatic carbocycles. The van der Waals surface area contributed by atoms with E-state index in [0.717, 1.165) is 21.1 Å². The molecule has 4 rings (SSSR count). The van der Waals surface area contributed by atoms with Gasteiger partial charge in [0.05, 0.1) is 13.2 Å². The van der Waals surface area contributed by atoms with Crippen LogP contribution in [0.2, 0.25) is 0 Å². The molecule has 27 heavy (non-hydrogen) atoms. The van der Waals surface area contributed by atoms with Crippen molar-refractivity contribution in [1.29, 1.82) is 0 Å². The lowest BCUT2D eigenvalue weighted by atomic mass is 10.1. The average molecular weight is 381 g/mol. The van der Waals surface area contributed by atoms with Gasteiger partial charge in [-0.05, 0) is 18.6 Å². The predicted molar refractivity (Wildman–Crippen MR) is 103 cm³/mol. The molecule has 6 nitrogen and oxygen atoms in total. The molecule has 0 saturated carbocycles. The number of hydrogen-bond donors (Lipinski definition) is 2. The van der Waals surface area contributed by atoms with E-state index in [-0.39, 0.29) is 19.1 Å². The molecule has 0 unspecified atom stereocenters. The van der Waals surface area contributed by atoms with Crippen LogP contribution in [0.4, 0.5) is 0 Å². The minimum Gasteiger partial charge on any atom is -0.393 e. The molecule has 1 aliphatic rings. The van der Waals surface area contributed by atoms with E-state index in [4.69, 9.17) is 0 Å². The van der Waals surface area contributed by atoms with Crippen LogP contribution in [-0.2, 0) is 0 Å². The van der Waals surface area contributed by atoms with E-state index < -0.39 is 5.60 Å². The van der Waals surface area contributed by atoms with Gasteiger partial charge >= 0.3 is 0 Å². The van der Waals surface area contributed by atoms with Crippen molar-refractivity contribution in [2.75, 3.05) is 19.7 Å². The first-order chi connectivity index (χ1) is 13.1. The molecule has 1 saturated heterocycles. The van der Waals surface area contributed by atoms with Crippen molar-refractivity contribution >= 4 is 17.2 Å². The second kappa shape index (κ2) is 7.19. The fourth-order valence-corrected chi connectivity index (χ4v) is 4.01. The van der Waals surface area contributed by atoms with Gasteiger partial charge in [-0.2, -0.15) is 0 Å². The molecule has 1 fully saturated rings. The van der Waals surface area contributed by atoms with E-state index in [1.807, 2.05) is 42.5 Å². The highest BCUT2D eigenvalue weighted by Gasteiger charge is 2.37. The lowest BCUT2D eigenvalue weighted by molar-refractivity contribution is -0.00455. The second-order valence-electron chi connectivity index (χ2n) is 6.72. The first-order valence-corrected chi connectivity index (χ1v) is 9.51. The molecule has 7 heteroatoms. The third-order valence-electron chi connectivity index (χ3n) is 4.72. The summed E-state index contributed by atoms with van der Waals surface area (Å²) in [7, 11) is 0. The Morgan fingerprint density at radius 3 is 2.48 bits per heavy atom.